The van der Waals surface area contributed by atoms with Crippen molar-refractivity contribution in [3.63, 3.8) is 0 Å². The van der Waals surface area contributed by atoms with Crippen LogP contribution in [0.5, 0.6) is 0 Å². The molecule has 1 unspecified atom stereocenters. The van der Waals surface area contributed by atoms with Crippen molar-refractivity contribution in [1.29, 1.82) is 0 Å². The first kappa shape index (κ1) is 15.6. The summed E-state index contributed by atoms with van der Waals surface area (Å²) >= 11 is 0. The Kier molecular flexibility index (Phi) is 5.67. The molecule has 0 saturated carbocycles. The summed E-state index contributed by atoms with van der Waals surface area (Å²) in [6.45, 7) is 0. The lowest BCUT2D eigenvalue weighted by molar-refractivity contribution is -0.142. The lowest BCUT2D eigenvalue weighted by Crippen LogP contribution is -2.44. The quantitative estimate of drug-likeness (QED) is 0.561. The van der Waals surface area contributed by atoms with Crippen LogP contribution in [-0.4, -0.2) is 34.1 Å². The first-order valence-corrected chi connectivity index (χ1v) is 5.97. The summed E-state index contributed by atoms with van der Waals surface area (Å²) in [6.07, 6.45) is -0.306. The Hall–Kier alpha value is -2.41. The van der Waals surface area contributed by atoms with Gasteiger partial charge in [-0.2, -0.15) is 0 Å². The second kappa shape index (κ2) is 7.25. The van der Waals surface area contributed by atoms with Gasteiger partial charge in [0.15, 0.2) is 6.04 Å². The van der Waals surface area contributed by atoms with Crippen LogP contribution >= 0.6 is 0 Å². The SMILES string of the molecule is NC(CCC(=O)O)C(=O)N[C@H](C(=O)O)c1ccccc1. The number of rotatable bonds is 7. The van der Waals surface area contributed by atoms with E-state index in [1.54, 1.807) is 30.3 Å². The smallest absolute Gasteiger partial charge is 0.330 e. The molecule has 0 aliphatic rings. The minimum atomic E-state index is -1.21. The van der Waals surface area contributed by atoms with E-state index in [0.717, 1.165) is 0 Å². The fourth-order valence-electron chi connectivity index (χ4n) is 1.59. The number of benzene rings is 1. The van der Waals surface area contributed by atoms with Crippen molar-refractivity contribution in [3.05, 3.63) is 35.9 Å². The van der Waals surface area contributed by atoms with Crippen molar-refractivity contribution in [2.24, 2.45) is 5.73 Å². The second-order valence-electron chi connectivity index (χ2n) is 4.23. The van der Waals surface area contributed by atoms with Gasteiger partial charge in [0, 0.05) is 6.42 Å². The van der Waals surface area contributed by atoms with Gasteiger partial charge in [0.1, 0.15) is 0 Å². The molecule has 7 nitrogen and oxygen atoms in total. The molecular weight excluding hydrogens is 264 g/mol. The van der Waals surface area contributed by atoms with Gasteiger partial charge >= 0.3 is 11.9 Å². The molecule has 0 saturated heterocycles. The number of aliphatic carboxylic acids is 2. The molecular formula is C13H16N2O5. The highest BCUT2D eigenvalue weighted by Crippen LogP contribution is 2.13. The highest BCUT2D eigenvalue weighted by atomic mass is 16.4. The number of nitrogens with one attached hydrogen (secondary N) is 1. The molecule has 0 bridgehead atoms. The van der Waals surface area contributed by atoms with Crippen molar-refractivity contribution in [2.45, 2.75) is 24.9 Å². The summed E-state index contributed by atoms with van der Waals surface area (Å²) in [6, 6.07) is 5.91. The number of carbonyl (C=O) groups excluding carboxylic acids is 1. The molecule has 2 atom stereocenters. The van der Waals surface area contributed by atoms with Crippen LogP contribution in [0.2, 0.25) is 0 Å². The van der Waals surface area contributed by atoms with Crippen molar-refractivity contribution in [2.75, 3.05) is 0 Å². The van der Waals surface area contributed by atoms with E-state index >= 15 is 0 Å². The van der Waals surface area contributed by atoms with Crippen LogP contribution < -0.4 is 11.1 Å². The van der Waals surface area contributed by atoms with E-state index in [-0.39, 0.29) is 12.8 Å². The zero-order valence-corrected chi connectivity index (χ0v) is 10.7. The Labute approximate surface area is 115 Å². The Bertz CT molecular complexity index is 489. The van der Waals surface area contributed by atoms with Crippen LogP contribution in [0.15, 0.2) is 30.3 Å². The molecule has 5 N–H and O–H groups in total. The van der Waals surface area contributed by atoms with Gasteiger partial charge in [0.25, 0.3) is 0 Å². The van der Waals surface area contributed by atoms with Gasteiger partial charge < -0.3 is 21.3 Å². The molecule has 0 aliphatic heterocycles. The molecule has 1 rings (SSSR count). The fourth-order valence-corrected chi connectivity index (χ4v) is 1.59. The summed E-state index contributed by atoms with van der Waals surface area (Å²) in [5, 5.41) is 19.9. The van der Waals surface area contributed by atoms with Crippen molar-refractivity contribution in [3.8, 4) is 0 Å². The topological polar surface area (TPSA) is 130 Å². The van der Waals surface area contributed by atoms with Gasteiger partial charge in [-0.1, -0.05) is 30.3 Å². The molecule has 7 heteroatoms. The van der Waals surface area contributed by atoms with Crippen LogP contribution in [0.25, 0.3) is 0 Å². The average molecular weight is 280 g/mol. The Morgan fingerprint density at radius 2 is 1.75 bits per heavy atom. The van der Waals surface area contributed by atoms with Gasteiger partial charge in [0.05, 0.1) is 6.04 Å². The lowest BCUT2D eigenvalue weighted by atomic mass is 10.1. The predicted octanol–water partition coefficient (Wildman–Crippen LogP) is 0.121. The maximum Gasteiger partial charge on any atom is 0.330 e. The van der Waals surface area contributed by atoms with E-state index < -0.39 is 29.9 Å². The van der Waals surface area contributed by atoms with E-state index in [0.29, 0.717) is 5.56 Å². The second-order valence-corrected chi connectivity index (χ2v) is 4.23. The molecule has 0 aromatic heterocycles. The maximum atomic E-state index is 11.8. The van der Waals surface area contributed by atoms with Crippen LogP contribution in [0.4, 0.5) is 0 Å². The Balaban J connectivity index is 2.69. The van der Waals surface area contributed by atoms with Crippen molar-refractivity contribution < 1.29 is 24.6 Å². The maximum absolute atomic E-state index is 11.8. The van der Waals surface area contributed by atoms with E-state index in [1.807, 2.05) is 0 Å². The van der Waals surface area contributed by atoms with E-state index in [1.165, 1.54) is 0 Å². The molecule has 20 heavy (non-hydrogen) atoms. The van der Waals surface area contributed by atoms with E-state index in [9.17, 15) is 14.4 Å². The molecule has 108 valence electrons. The third kappa shape index (κ3) is 4.69. The number of hydrogen-bond donors (Lipinski definition) is 4. The van der Waals surface area contributed by atoms with Crippen LogP contribution in [0, 0.1) is 0 Å². The molecule has 1 aromatic carbocycles. The lowest BCUT2D eigenvalue weighted by Gasteiger charge is -2.17. The molecule has 0 radical (unpaired) electrons. The third-order valence-electron chi connectivity index (χ3n) is 2.67. The Morgan fingerprint density at radius 1 is 1.15 bits per heavy atom. The number of carboxylic acids is 2. The summed E-state index contributed by atoms with van der Waals surface area (Å²) in [4.78, 5) is 33.3. The molecule has 1 aromatic rings. The van der Waals surface area contributed by atoms with Crippen molar-refractivity contribution in [1.82, 2.24) is 5.32 Å². The van der Waals surface area contributed by atoms with Gasteiger partial charge in [-0.05, 0) is 12.0 Å². The summed E-state index contributed by atoms with van der Waals surface area (Å²) < 4.78 is 0. The van der Waals surface area contributed by atoms with E-state index in [2.05, 4.69) is 5.32 Å². The Morgan fingerprint density at radius 3 is 2.25 bits per heavy atom. The molecule has 0 heterocycles. The number of carboxylic acid groups (broad SMARTS) is 2. The minimum absolute atomic E-state index is 0.0533. The average Bonchev–Trinajstić information content (AvgIpc) is 2.42. The standard InChI is InChI=1S/C13H16N2O5/c14-9(6-7-10(16)17)12(18)15-11(13(19)20)8-4-2-1-3-5-8/h1-5,9,11H,6-7,14H2,(H,15,18)(H,16,17)(H,19,20)/t9?,11-/m0/s1. The van der Waals surface area contributed by atoms with Gasteiger partial charge in [-0.25, -0.2) is 4.79 Å². The van der Waals surface area contributed by atoms with E-state index in [4.69, 9.17) is 15.9 Å². The zero-order chi connectivity index (χ0) is 15.1. The summed E-state index contributed by atoms with van der Waals surface area (Å²) in [5.41, 5.74) is 5.94. The fraction of sp³-hybridized carbons (Fsp3) is 0.308. The number of hydrogen-bond acceptors (Lipinski definition) is 4. The number of amides is 1. The normalized spacial score (nSPS) is 13.2. The number of carbonyl (C=O) groups is 3. The van der Waals surface area contributed by atoms with Gasteiger partial charge in [0.2, 0.25) is 5.91 Å². The molecule has 1 amide bonds. The highest BCUT2D eigenvalue weighted by Gasteiger charge is 2.24. The van der Waals surface area contributed by atoms with Gasteiger partial charge in [-0.15, -0.1) is 0 Å². The molecule has 0 aliphatic carbocycles. The van der Waals surface area contributed by atoms with Crippen LogP contribution in [0.3, 0.4) is 0 Å². The third-order valence-corrected chi connectivity index (χ3v) is 2.67. The molecule has 0 spiro atoms. The first-order chi connectivity index (χ1) is 9.41. The van der Waals surface area contributed by atoms with Crippen LogP contribution in [-0.2, 0) is 14.4 Å². The monoisotopic (exact) mass is 280 g/mol. The first-order valence-electron chi connectivity index (χ1n) is 5.97. The number of nitrogens with two attached hydrogens (primary N) is 1. The van der Waals surface area contributed by atoms with Gasteiger partial charge in [-0.3, -0.25) is 9.59 Å². The summed E-state index contributed by atoms with van der Waals surface area (Å²) in [7, 11) is 0. The molecule has 0 fully saturated rings. The predicted molar refractivity (Wildman–Crippen MR) is 69.8 cm³/mol. The minimum Gasteiger partial charge on any atom is -0.481 e. The van der Waals surface area contributed by atoms with Crippen molar-refractivity contribution >= 4 is 17.8 Å². The zero-order valence-electron chi connectivity index (χ0n) is 10.7. The highest BCUT2D eigenvalue weighted by molar-refractivity contribution is 5.87. The largest absolute Gasteiger partial charge is 0.481 e. The summed E-state index contributed by atoms with van der Waals surface area (Å²) in [5.74, 6) is -2.97. The van der Waals surface area contributed by atoms with Crippen LogP contribution in [0.1, 0.15) is 24.4 Å².